The molecule has 0 bridgehead atoms. The molecule has 1 unspecified atom stereocenters. The van der Waals surface area contributed by atoms with Gasteiger partial charge in [-0.05, 0) is 52.3 Å². The van der Waals surface area contributed by atoms with E-state index in [1.807, 2.05) is 25.6 Å². The van der Waals surface area contributed by atoms with Gasteiger partial charge in [-0.1, -0.05) is 92.4 Å². The van der Waals surface area contributed by atoms with E-state index in [0.717, 1.165) is 19.4 Å². The predicted molar refractivity (Wildman–Crippen MR) is 146 cm³/mol. The maximum absolute atomic E-state index is 11.8. The van der Waals surface area contributed by atoms with E-state index in [1.54, 1.807) is 7.11 Å². The van der Waals surface area contributed by atoms with E-state index in [9.17, 15) is 4.79 Å². The zero-order valence-corrected chi connectivity index (χ0v) is 24.3. The number of hydrogen-bond donors (Lipinski definition) is 1. The lowest BCUT2D eigenvalue weighted by molar-refractivity contribution is -0.148. The number of rotatable bonds is 17. The van der Waals surface area contributed by atoms with Gasteiger partial charge in [-0.3, -0.25) is 4.79 Å². The molecule has 32 heavy (non-hydrogen) atoms. The first-order chi connectivity index (χ1) is 15.1. The van der Waals surface area contributed by atoms with Crippen molar-refractivity contribution in [1.82, 2.24) is 5.32 Å². The highest BCUT2D eigenvalue weighted by Crippen LogP contribution is 2.26. The molecule has 1 N–H and O–H groups in total. The van der Waals surface area contributed by atoms with Crippen LogP contribution in [-0.4, -0.2) is 43.0 Å². The maximum Gasteiger partial charge on any atom is 0.325 e. The van der Waals surface area contributed by atoms with Gasteiger partial charge in [0.25, 0.3) is 0 Å². The quantitative estimate of drug-likeness (QED) is 0.129. The standard InChI is InChI=1S/C21H43NO3S.2C3H8/c1-7-21(4,19(23)24-5)22-17-15-13-11-9-8-10-12-14-16-18-26-20(2,3)25-6;2*1-3-2/h22H,7-18H2,1-6H3;2*3H2,1-2H3. The molecule has 0 aliphatic rings. The van der Waals surface area contributed by atoms with E-state index in [2.05, 4.69) is 46.9 Å². The monoisotopic (exact) mass is 477 g/mol. The third-order valence-corrected chi connectivity index (χ3v) is 6.48. The molecule has 0 saturated carbocycles. The molecule has 0 spiro atoms. The molecule has 0 aromatic rings. The average molecular weight is 478 g/mol. The van der Waals surface area contributed by atoms with Crippen LogP contribution in [0.4, 0.5) is 0 Å². The van der Waals surface area contributed by atoms with Gasteiger partial charge < -0.3 is 14.8 Å². The second-order valence-corrected chi connectivity index (χ2v) is 10.8. The molecule has 0 radical (unpaired) electrons. The summed E-state index contributed by atoms with van der Waals surface area (Å²) < 4.78 is 10.3. The van der Waals surface area contributed by atoms with Crippen molar-refractivity contribution in [3.8, 4) is 0 Å². The van der Waals surface area contributed by atoms with Gasteiger partial charge in [0, 0.05) is 7.11 Å². The average Bonchev–Trinajstić information content (AvgIpc) is 2.77. The molecular weight excluding hydrogens is 418 g/mol. The maximum atomic E-state index is 11.8. The highest BCUT2D eigenvalue weighted by Gasteiger charge is 2.31. The van der Waals surface area contributed by atoms with E-state index >= 15 is 0 Å². The van der Waals surface area contributed by atoms with E-state index in [-0.39, 0.29) is 10.9 Å². The number of methoxy groups -OCH3 is 2. The number of thioether (sulfide) groups is 1. The Morgan fingerprint density at radius 3 is 1.53 bits per heavy atom. The number of unbranched alkanes of at least 4 members (excludes halogenated alkanes) is 8. The fraction of sp³-hybridized carbons (Fsp3) is 0.963. The van der Waals surface area contributed by atoms with E-state index < -0.39 is 5.54 Å². The van der Waals surface area contributed by atoms with Gasteiger partial charge >= 0.3 is 5.97 Å². The van der Waals surface area contributed by atoms with E-state index in [4.69, 9.17) is 9.47 Å². The van der Waals surface area contributed by atoms with Gasteiger partial charge in [0.05, 0.1) is 7.11 Å². The van der Waals surface area contributed by atoms with Crippen molar-refractivity contribution in [2.75, 3.05) is 26.5 Å². The Morgan fingerprint density at radius 1 is 0.750 bits per heavy atom. The minimum Gasteiger partial charge on any atom is -0.468 e. The normalized spacial score (nSPS) is 12.7. The molecule has 0 rings (SSSR count). The third kappa shape index (κ3) is 24.4. The molecule has 5 heteroatoms. The van der Waals surface area contributed by atoms with Gasteiger partial charge in [0.15, 0.2) is 0 Å². The summed E-state index contributed by atoms with van der Waals surface area (Å²) in [5, 5.41) is 3.36. The summed E-state index contributed by atoms with van der Waals surface area (Å²) in [5.41, 5.74) is -0.536. The molecule has 0 aliphatic heterocycles. The lowest BCUT2D eigenvalue weighted by atomic mass is 9.99. The van der Waals surface area contributed by atoms with Crippen LogP contribution < -0.4 is 5.32 Å². The molecule has 0 heterocycles. The SMILES string of the molecule is CCC.CCC.CCC(C)(NCCCCCCCCCCCSC(C)(C)OC)C(=O)OC. The number of nitrogens with one attached hydrogen (secondary N) is 1. The number of ether oxygens (including phenoxy) is 2. The minimum absolute atomic E-state index is 0.0414. The van der Waals surface area contributed by atoms with Crippen molar-refractivity contribution < 1.29 is 14.3 Å². The van der Waals surface area contributed by atoms with Crippen LogP contribution in [0.25, 0.3) is 0 Å². The number of carbonyl (C=O) groups excluding carboxylic acids is 1. The topological polar surface area (TPSA) is 47.6 Å². The summed E-state index contributed by atoms with van der Waals surface area (Å²) in [6.07, 6.45) is 14.9. The van der Waals surface area contributed by atoms with Crippen LogP contribution in [0.1, 0.15) is 132 Å². The van der Waals surface area contributed by atoms with Crippen molar-refractivity contribution >= 4 is 17.7 Å². The van der Waals surface area contributed by atoms with Gasteiger partial charge in [-0.15, -0.1) is 11.8 Å². The smallest absolute Gasteiger partial charge is 0.325 e. The molecular formula is C27H59NO3S. The molecule has 0 aliphatic carbocycles. The fourth-order valence-electron chi connectivity index (χ4n) is 2.77. The van der Waals surface area contributed by atoms with Gasteiger partial charge in [-0.2, -0.15) is 0 Å². The van der Waals surface area contributed by atoms with Crippen molar-refractivity contribution in [3.05, 3.63) is 0 Å². The molecule has 4 nitrogen and oxygen atoms in total. The summed E-state index contributed by atoms with van der Waals surface area (Å²) in [5.74, 6) is 1.03. The number of esters is 1. The first-order valence-corrected chi connectivity index (χ1v) is 14.1. The molecule has 0 aromatic carbocycles. The lowest BCUT2D eigenvalue weighted by Crippen LogP contribution is -2.50. The van der Waals surface area contributed by atoms with Crippen LogP contribution in [-0.2, 0) is 14.3 Å². The summed E-state index contributed by atoms with van der Waals surface area (Å²) in [6.45, 7) is 17.6. The predicted octanol–water partition coefficient (Wildman–Crippen LogP) is 8.38. The molecule has 0 amide bonds. The van der Waals surface area contributed by atoms with Crippen LogP contribution in [0.3, 0.4) is 0 Å². The van der Waals surface area contributed by atoms with Crippen LogP contribution >= 0.6 is 11.8 Å². The second-order valence-electron chi connectivity index (χ2n) is 9.15. The van der Waals surface area contributed by atoms with Crippen molar-refractivity contribution in [2.24, 2.45) is 0 Å². The highest BCUT2D eigenvalue weighted by molar-refractivity contribution is 8.00. The first-order valence-electron chi connectivity index (χ1n) is 13.2. The zero-order valence-electron chi connectivity index (χ0n) is 23.5. The Labute approximate surface area is 206 Å². The van der Waals surface area contributed by atoms with Crippen molar-refractivity contribution in [1.29, 1.82) is 0 Å². The summed E-state index contributed by atoms with van der Waals surface area (Å²) in [4.78, 5) is 11.7. The highest BCUT2D eigenvalue weighted by atomic mass is 32.2. The molecule has 0 fully saturated rings. The summed E-state index contributed by atoms with van der Waals surface area (Å²) >= 11 is 1.91. The Balaban J connectivity index is -0.00000125. The molecule has 1 atom stereocenters. The van der Waals surface area contributed by atoms with Crippen LogP contribution in [0.15, 0.2) is 0 Å². The largest absolute Gasteiger partial charge is 0.468 e. The van der Waals surface area contributed by atoms with E-state index in [0.29, 0.717) is 0 Å². The third-order valence-electron chi connectivity index (χ3n) is 5.12. The zero-order chi connectivity index (χ0) is 25.3. The minimum atomic E-state index is -0.536. The summed E-state index contributed by atoms with van der Waals surface area (Å²) in [6, 6.07) is 0. The molecule has 0 aromatic heterocycles. The van der Waals surface area contributed by atoms with Gasteiger partial charge in [-0.25, -0.2) is 0 Å². The number of carbonyl (C=O) groups is 1. The Bertz CT molecular complexity index is 389. The number of hydrogen-bond acceptors (Lipinski definition) is 5. The van der Waals surface area contributed by atoms with Crippen LogP contribution in [0, 0.1) is 0 Å². The summed E-state index contributed by atoms with van der Waals surface area (Å²) in [7, 11) is 3.24. The second kappa shape index (κ2) is 25.4. The van der Waals surface area contributed by atoms with Gasteiger partial charge in [0.2, 0.25) is 0 Å². The Kier molecular flexibility index (Phi) is 28.8. The molecule has 196 valence electrons. The van der Waals surface area contributed by atoms with Crippen molar-refractivity contribution in [3.63, 3.8) is 0 Å². The first kappa shape index (κ1) is 36.3. The lowest BCUT2D eigenvalue weighted by Gasteiger charge is -2.26. The Hall–Kier alpha value is -0.260. The Morgan fingerprint density at radius 2 is 1.16 bits per heavy atom. The van der Waals surface area contributed by atoms with E-state index in [1.165, 1.54) is 77.1 Å². The van der Waals surface area contributed by atoms with Crippen LogP contribution in [0.5, 0.6) is 0 Å². The fourth-order valence-corrected chi connectivity index (χ4v) is 3.73. The van der Waals surface area contributed by atoms with Crippen molar-refractivity contribution in [2.45, 2.75) is 143 Å². The van der Waals surface area contributed by atoms with Crippen LogP contribution in [0.2, 0.25) is 0 Å². The molecule has 0 saturated heterocycles. The van der Waals surface area contributed by atoms with Gasteiger partial charge in [0.1, 0.15) is 10.5 Å².